The van der Waals surface area contributed by atoms with Gasteiger partial charge >= 0.3 is 6.09 Å². The highest BCUT2D eigenvalue weighted by Gasteiger charge is 2.39. The third-order valence-corrected chi connectivity index (χ3v) is 14.5. The number of rotatable bonds is 19. The number of fused-ring (bicyclic) bond motifs is 1. The molecule has 0 bridgehead atoms. The third kappa shape index (κ3) is 14.7. The van der Waals surface area contributed by atoms with E-state index >= 15 is 0 Å². The van der Waals surface area contributed by atoms with Gasteiger partial charge in [-0.15, -0.1) is 5.10 Å². The van der Waals surface area contributed by atoms with Gasteiger partial charge in [-0.1, -0.05) is 61.7 Å². The first-order valence-corrected chi connectivity index (χ1v) is 26.3. The van der Waals surface area contributed by atoms with Crippen LogP contribution in [0.5, 0.6) is 0 Å². The number of imide groups is 1. The molecule has 0 spiro atoms. The predicted octanol–water partition coefficient (Wildman–Crippen LogP) is 7.45. The number of carbonyl (C=O) groups is 6. The van der Waals surface area contributed by atoms with Crippen molar-refractivity contribution in [1.29, 1.82) is 0 Å². The fourth-order valence-electron chi connectivity index (χ4n) is 9.52. The van der Waals surface area contributed by atoms with Crippen LogP contribution in [0.25, 0.3) is 5.57 Å². The lowest BCUT2D eigenvalue weighted by Crippen LogP contribution is -2.54. The maximum atomic E-state index is 13.0. The molecular formula is C54H67N11O7S. The first-order chi connectivity index (χ1) is 35.1. The number of hydrogen-bond acceptors (Lipinski definition) is 14. The molecule has 4 aliphatic rings. The largest absolute Gasteiger partial charge is 0.444 e. The molecule has 1 atom stereocenters. The average molecular weight is 1010 g/mol. The number of piperidine rings is 2. The van der Waals surface area contributed by atoms with E-state index in [9.17, 15) is 28.8 Å². The van der Waals surface area contributed by atoms with Crippen molar-refractivity contribution in [1.82, 2.24) is 45.9 Å². The van der Waals surface area contributed by atoms with Crippen LogP contribution < -0.4 is 26.2 Å². The second-order valence-electron chi connectivity index (χ2n) is 20.6. The fourth-order valence-corrected chi connectivity index (χ4v) is 10.3. The summed E-state index contributed by atoms with van der Waals surface area (Å²) in [5.74, 6) is -0.543. The number of alkyl carbamates (subject to hydrolysis) is 1. The Morgan fingerprint density at radius 1 is 0.890 bits per heavy atom. The molecule has 18 nitrogen and oxygen atoms in total. The molecule has 4 aliphatic heterocycles. The molecular weight excluding hydrogens is 947 g/mol. The Morgan fingerprint density at radius 3 is 2.40 bits per heavy atom. The van der Waals surface area contributed by atoms with E-state index in [-0.39, 0.29) is 54.4 Å². The summed E-state index contributed by atoms with van der Waals surface area (Å²) in [6.07, 6.45) is 15.1. The molecule has 6 heterocycles. The monoisotopic (exact) mass is 1010 g/mol. The van der Waals surface area contributed by atoms with Gasteiger partial charge in [0.05, 0.1) is 18.1 Å². The minimum atomic E-state index is -0.678. The van der Waals surface area contributed by atoms with E-state index < -0.39 is 23.6 Å². The number of amides is 6. The summed E-state index contributed by atoms with van der Waals surface area (Å²) in [5, 5.41) is 20.7. The molecule has 19 heteroatoms. The van der Waals surface area contributed by atoms with Crippen LogP contribution in [0.1, 0.15) is 142 Å². The highest BCUT2D eigenvalue weighted by atomic mass is 32.2. The van der Waals surface area contributed by atoms with Crippen molar-refractivity contribution in [2.45, 2.75) is 145 Å². The fraction of sp³-hybridized carbons (Fsp3) is 0.481. The first-order valence-electron chi connectivity index (χ1n) is 25.5. The minimum Gasteiger partial charge on any atom is -0.444 e. The number of nitrogens with zero attached hydrogens (tertiary/aromatic N) is 7. The van der Waals surface area contributed by atoms with Crippen molar-refractivity contribution in [2.24, 2.45) is 0 Å². The zero-order valence-corrected chi connectivity index (χ0v) is 43.2. The first kappa shape index (κ1) is 52.6. The van der Waals surface area contributed by atoms with Crippen LogP contribution in [0.3, 0.4) is 0 Å². The van der Waals surface area contributed by atoms with E-state index in [0.29, 0.717) is 18.4 Å². The van der Waals surface area contributed by atoms with E-state index in [1.165, 1.54) is 16.7 Å². The summed E-state index contributed by atoms with van der Waals surface area (Å²) in [6, 6.07) is 16.0. The van der Waals surface area contributed by atoms with Crippen molar-refractivity contribution in [3.63, 3.8) is 0 Å². The number of hydrogen-bond donors (Lipinski definition) is 4. The number of nitrogens with one attached hydrogen (secondary N) is 4. The van der Waals surface area contributed by atoms with Gasteiger partial charge in [0.2, 0.25) is 17.7 Å². The molecule has 2 aromatic carbocycles. The van der Waals surface area contributed by atoms with Gasteiger partial charge in [0.1, 0.15) is 22.5 Å². The second kappa shape index (κ2) is 23.9. The lowest BCUT2D eigenvalue weighted by atomic mass is 9.90. The van der Waals surface area contributed by atoms with Gasteiger partial charge in [-0.2, -0.15) is 5.10 Å². The molecule has 0 radical (unpaired) electrons. The smallest absolute Gasteiger partial charge is 0.408 e. The Hall–Kier alpha value is -6.73. The van der Waals surface area contributed by atoms with E-state index in [0.717, 1.165) is 134 Å². The van der Waals surface area contributed by atoms with Crippen LogP contribution >= 0.6 is 11.8 Å². The summed E-state index contributed by atoms with van der Waals surface area (Å²) in [4.78, 5) is 91.6. The van der Waals surface area contributed by atoms with Gasteiger partial charge in [-0.25, -0.2) is 14.8 Å². The van der Waals surface area contributed by atoms with Crippen LogP contribution in [0.4, 0.5) is 16.3 Å². The van der Waals surface area contributed by atoms with Gasteiger partial charge in [0.15, 0.2) is 5.69 Å². The quantitative estimate of drug-likeness (QED) is 0.0530. The number of ether oxygens (including phenoxy) is 1. The van der Waals surface area contributed by atoms with Gasteiger partial charge in [0, 0.05) is 73.8 Å². The van der Waals surface area contributed by atoms with Crippen LogP contribution in [0.2, 0.25) is 0 Å². The second-order valence-corrected chi connectivity index (χ2v) is 21.7. The molecule has 6 amide bonds. The molecule has 1 unspecified atom stereocenters. The number of benzene rings is 2. The lowest BCUT2D eigenvalue weighted by Gasteiger charge is -2.40. The Balaban J connectivity index is 0.664. The van der Waals surface area contributed by atoms with Gasteiger partial charge in [0.25, 0.3) is 11.8 Å². The Morgan fingerprint density at radius 2 is 1.68 bits per heavy atom. The molecule has 2 fully saturated rings. The van der Waals surface area contributed by atoms with Gasteiger partial charge in [-0.05, 0) is 126 Å². The van der Waals surface area contributed by atoms with E-state index in [1.807, 2.05) is 57.2 Å². The molecule has 73 heavy (non-hydrogen) atoms. The highest BCUT2D eigenvalue weighted by molar-refractivity contribution is 7.99. The van der Waals surface area contributed by atoms with Gasteiger partial charge in [-0.3, -0.25) is 34.2 Å². The molecule has 0 saturated carbocycles. The summed E-state index contributed by atoms with van der Waals surface area (Å²) in [6.45, 7) is 12.4. The topological polar surface area (TPSA) is 221 Å². The summed E-state index contributed by atoms with van der Waals surface area (Å²) in [7, 11) is 0. The minimum absolute atomic E-state index is 0.0163. The van der Waals surface area contributed by atoms with E-state index in [1.54, 1.807) is 30.6 Å². The molecule has 386 valence electrons. The highest BCUT2D eigenvalue weighted by Crippen LogP contribution is 2.31. The Bertz CT molecular complexity index is 2680. The van der Waals surface area contributed by atoms with Gasteiger partial charge < -0.3 is 30.5 Å². The zero-order chi connectivity index (χ0) is 51.5. The standard InChI is InChI=1S/C54H67N11O7S/c1-53(2,3)72-52(71)60-54(4)23-28-64(29-24-54)45-33-56-48(34-55-45)73-40-13-11-12-39(31-40)58-46(66)14-9-7-5-6-8-10-25-63-26-21-37(22-27-63)42-17-18-43(62-61-42)49(68)57-32-36-15-16-41-38(30-36)35-65(51(41)70)44-19-20-47(67)59-50(44)69/h11-13,15-18,21,30-31,33-34,44H,5-10,14,19-20,22-29,32,35H2,1-4H3,(H,57,68)(H,58,66)(H,60,71)(H,59,67,69). The number of anilines is 2. The van der Waals surface area contributed by atoms with Crippen molar-refractivity contribution in [3.8, 4) is 0 Å². The lowest BCUT2D eigenvalue weighted by molar-refractivity contribution is -0.137. The maximum absolute atomic E-state index is 13.0. The normalized spacial score (nSPS) is 17.9. The summed E-state index contributed by atoms with van der Waals surface area (Å²) < 4.78 is 5.46. The van der Waals surface area contributed by atoms with Crippen molar-refractivity contribution in [2.75, 3.05) is 42.9 Å². The zero-order valence-electron chi connectivity index (χ0n) is 42.3. The van der Waals surface area contributed by atoms with Crippen LogP contribution in [-0.2, 0) is 32.2 Å². The summed E-state index contributed by atoms with van der Waals surface area (Å²) >= 11 is 1.50. The van der Waals surface area contributed by atoms with Crippen LogP contribution in [0, 0.1) is 0 Å². The Labute approximate surface area is 431 Å². The SMILES string of the molecule is CC1(NC(=O)OC(C)(C)C)CCN(c2cnc(Sc3cccc(NC(=O)CCCCCCCCN4CC=C(c5ccc(C(=O)NCc6ccc7c(c6)CN(C6CCC(=O)NC6=O)C7=O)nn5)CC4)c3)cn2)CC1. The van der Waals surface area contributed by atoms with E-state index in [4.69, 9.17) is 4.74 Å². The maximum Gasteiger partial charge on any atom is 0.408 e. The molecule has 0 aliphatic carbocycles. The van der Waals surface area contributed by atoms with Crippen molar-refractivity contribution < 1.29 is 33.5 Å². The Kier molecular flexibility index (Phi) is 17.2. The van der Waals surface area contributed by atoms with Crippen LogP contribution in [-0.4, -0.2) is 115 Å². The average Bonchev–Trinajstić information content (AvgIpc) is 3.68. The number of aromatic nitrogens is 4. The molecule has 2 saturated heterocycles. The molecule has 4 N–H and O–H groups in total. The predicted molar refractivity (Wildman–Crippen MR) is 277 cm³/mol. The molecule has 8 rings (SSSR count). The van der Waals surface area contributed by atoms with Crippen LogP contribution in [0.15, 0.2) is 83.0 Å². The number of unbranched alkanes of at least 4 members (excludes halogenated alkanes) is 5. The van der Waals surface area contributed by atoms with Crippen molar-refractivity contribution >= 4 is 64.5 Å². The molecule has 2 aromatic heterocycles. The third-order valence-electron chi connectivity index (χ3n) is 13.6. The van der Waals surface area contributed by atoms with E-state index in [2.05, 4.69) is 64.2 Å². The summed E-state index contributed by atoms with van der Waals surface area (Å²) in [5.41, 5.74) is 4.10. The number of carbonyl (C=O) groups excluding carboxylic acids is 6. The molecule has 4 aromatic rings. The van der Waals surface area contributed by atoms with Crippen molar-refractivity contribution in [3.05, 3.63) is 101 Å².